The average molecular weight is 214 g/mol. The molecular weight excluding hydrogens is 206 g/mol. The average Bonchev–Trinajstić information content (AvgIpc) is 2.15. The monoisotopic (exact) mass is 214 g/mol. The van der Waals surface area contributed by atoms with E-state index >= 15 is 0 Å². The van der Waals surface area contributed by atoms with Crippen LogP contribution < -0.4 is 5.32 Å². The number of halogens is 2. The predicted octanol–water partition coefficient (Wildman–Crippen LogP) is 1.80. The lowest BCUT2D eigenvalue weighted by Gasteiger charge is -2.03. The van der Waals surface area contributed by atoms with Gasteiger partial charge < -0.3 is 10.1 Å². The minimum absolute atomic E-state index is 0.105. The first-order chi connectivity index (χ1) is 7.00. The first kappa shape index (κ1) is 11.1. The maximum absolute atomic E-state index is 13.0. The molecule has 1 rings (SSSR count). The molecule has 0 aliphatic rings. The third-order valence-electron chi connectivity index (χ3n) is 1.72. The van der Waals surface area contributed by atoms with Crippen LogP contribution in [-0.4, -0.2) is 4.92 Å². The third-order valence-corrected chi connectivity index (χ3v) is 1.72. The molecule has 0 unspecified atom stereocenters. The summed E-state index contributed by atoms with van der Waals surface area (Å²) >= 11 is 0. The number of nitrogens with one attached hydrogen (secondary N) is 1. The van der Waals surface area contributed by atoms with Crippen molar-refractivity contribution in [1.29, 1.82) is 0 Å². The Balaban J connectivity index is 2.66. The van der Waals surface area contributed by atoms with Gasteiger partial charge in [-0.1, -0.05) is 0 Å². The summed E-state index contributed by atoms with van der Waals surface area (Å²) in [6, 6.07) is 3.01. The second-order valence-electron chi connectivity index (χ2n) is 2.79. The van der Waals surface area contributed by atoms with E-state index in [0.717, 1.165) is 6.07 Å². The minimum Gasteiger partial charge on any atom is -0.358 e. The summed E-state index contributed by atoms with van der Waals surface area (Å²) in [5.41, 5.74) is 0.138. The molecule has 1 aromatic carbocycles. The van der Waals surface area contributed by atoms with E-state index in [-0.39, 0.29) is 12.1 Å². The molecule has 15 heavy (non-hydrogen) atoms. The summed E-state index contributed by atoms with van der Waals surface area (Å²) in [5, 5.41) is 12.5. The zero-order valence-electron chi connectivity index (χ0n) is 7.67. The summed E-state index contributed by atoms with van der Waals surface area (Å²) < 4.78 is 25.5. The zero-order valence-corrected chi connectivity index (χ0v) is 7.67. The Hall–Kier alpha value is -1.98. The lowest BCUT2D eigenvalue weighted by atomic mass is 10.2. The van der Waals surface area contributed by atoms with Crippen molar-refractivity contribution in [3.05, 3.63) is 57.9 Å². The summed E-state index contributed by atoms with van der Waals surface area (Å²) in [5.74, 6) is -1.87. The molecule has 0 aliphatic carbocycles. The highest BCUT2D eigenvalue weighted by Crippen LogP contribution is 2.09. The lowest BCUT2D eigenvalue weighted by Crippen LogP contribution is -2.18. The maximum Gasteiger partial charge on any atom is 0.309 e. The number of nitro groups is 1. The molecule has 0 radical (unpaired) electrons. The van der Waals surface area contributed by atoms with Gasteiger partial charge in [-0.05, 0) is 23.6 Å². The van der Waals surface area contributed by atoms with Gasteiger partial charge in [0.1, 0.15) is 18.2 Å². The van der Waals surface area contributed by atoms with Gasteiger partial charge in [0.2, 0.25) is 0 Å². The minimum atomic E-state index is -0.751. The van der Waals surface area contributed by atoms with Gasteiger partial charge in [-0.25, -0.2) is 8.78 Å². The lowest BCUT2D eigenvalue weighted by molar-refractivity contribution is -0.431. The van der Waals surface area contributed by atoms with E-state index in [1.807, 2.05) is 0 Å². The van der Waals surface area contributed by atoms with Crippen molar-refractivity contribution in [2.75, 3.05) is 0 Å². The van der Waals surface area contributed by atoms with Crippen LogP contribution in [0.25, 0.3) is 0 Å². The Morgan fingerprint density at radius 2 is 2.20 bits per heavy atom. The molecule has 0 aromatic heterocycles. The predicted molar refractivity (Wildman–Crippen MR) is 49.3 cm³/mol. The first-order valence-electron chi connectivity index (χ1n) is 4.02. The molecule has 0 atom stereocenters. The van der Waals surface area contributed by atoms with Gasteiger partial charge >= 0.3 is 5.82 Å². The van der Waals surface area contributed by atoms with Gasteiger partial charge in [0.15, 0.2) is 0 Å². The number of hydrogen-bond acceptors (Lipinski definition) is 3. The number of nitrogens with zero attached hydrogens (tertiary/aromatic N) is 1. The van der Waals surface area contributed by atoms with Crippen molar-refractivity contribution in [2.45, 2.75) is 6.54 Å². The maximum atomic E-state index is 13.0. The molecule has 6 heteroatoms. The molecule has 0 heterocycles. The van der Waals surface area contributed by atoms with Gasteiger partial charge in [0.05, 0.1) is 0 Å². The Kier molecular flexibility index (Phi) is 3.33. The molecule has 0 amide bonds. The van der Waals surface area contributed by atoms with Crippen molar-refractivity contribution >= 4 is 0 Å². The van der Waals surface area contributed by atoms with E-state index < -0.39 is 22.4 Å². The molecule has 0 fully saturated rings. The third kappa shape index (κ3) is 3.01. The van der Waals surface area contributed by atoms with Crippen LogP contribution >= 0.6 is 0 Å². The van der Waals surface area contributed by atoms with Gasteiger partial charge in [-0.2, -0.15) is 0 Å². The van der Waals surface area contributed by atoms with Crippen molar-refractivity contribution < 1.29 is 13.7 Å². The van der Waals surface area contributed by atoms with Crippen molar-refractivity contribution in [1.82, 2.24) is 5.32 Å². The Bertz CT molecular complexity index is 407. The molecule has 0 aliphatic heterocycles. The summed E-state index contributed by atoms with van der Waals surface area (Å²) in [6.07, 6.45) is 0. The summed E-state index contributed by atoms with van der Waals surface area (Å²) in [4.78, 5) is 9.43. The molecule has 0 saturated carbocycles. The molecule has 0 spiro atoms. The van der Waals surface area contributed by atoms with E-state index in [0.29, 0.717) is 6.07 Å². The number of benzene rings is 1. The summed E-state index contributed by atoms with van der Waals surface area (Å²) in [7, 11) is 0. The Morgan fingerprint density at radius 1 is 1.53 bits per heavy atom. The van der Waals surface area contributed by atoms with Crippen LogP contribution in [0.4, 0.5) is 8.78 Å². The smallest absolute Gasteiger partial charge is 0.309 e. The SMILES string of the molecule is C=C(NCc1ccc(F)cc1F)[N+](=O)[O-]. The highest BCUT2D eigenvalue weighted by atomic mass is 19.1. The van der Waals surface area contributed by atoms with E-state index in [9.17, 15) is 18.9 Å². The topological polar surface area (TPSA) is 55.2 Å². The van der Waals surface area contributed by atoms with E-state index in [1.54, 1.807) is 0 Å². The van der Waals surface area contributed by atoms with Crippen molar-refractivity contribution in [2.24, 2.45) is 0 Å². The largest absolute Gasteiger partial charge is 0.358 e. The van der Waals surface area contributed by atoms with E-state index in [1.165, 1.54) is 6.07 Å². The molecule has 1 N–H and O–H groups in total. The van der Waals surface area contributed by atoms with Crippen LogP contribution in [0.15, 0.2) is 30.6 Å². The second-order valence-corrected chi connectivity index (χ2v) is 2.79. The van der Waals surface area contributed by atoms with E-state index in [2.05, 4.69) is 11.9 Å². The molecule has 1 aromatic rings. The van der Waals surface area contributed by atoms with Gasteiger partial charge in [-0.15, -0.1) is 0 Å². The molecule has 80 valence electrons. The normalized spacial score (nSPS) is 9.73. The van der Waals surface area contributed by atoms with Crippen LogP contribution in [0, 0.1) is 21.7 Å². The van der Waals surface area contributed by atoms with Crippen LogP contribution in [0.1, 0.15) is 5.56 Å². The second kappa shape index (κ2) is 4.50. The summed E-state index contributed by atoms with van der Waals surface area (Å²) in [6.45, 7) is 3.00. The molecule has 4 nitrogen and oxygen atoms in total. The zero-order chi connectivity index (χ0) is 11.4. The van der Waals surface area contributed by atoms with Gasteiger partial charge in [-0.3, -0.25) is 5.32 Å². The van der Waals surface area contributed by atoms with E-state index in [4.69, 9.17) is 0 Å². The van der Waals surface area contributed by atoms with Crippen molar-refractivity contribution in [3.8, 4) is 0 Å². The highest BCUT2D eigenvalue weighted by Gasteiger charge is 2.08. The van der Waals surface area contributed by atoms with Gasteiger partial charge in [0, 0.05) is 11.6 Å². The van der Waals surface area contributed by atoms with Crippen LogP contribution in [0.5, 0.6) is 0 Å². The van der Waals surface area contributed by atoms with Crippen LogP contribution in [0.2, 0.25) is 0 Å². The van der Waals surface area contributed by atoms with Crippen molar-refractivity contribution in [3.63, 3.8) is 0 Å². The Labute approximate surface area is 84.4 Å². The highest BCUT2D eigenvalue weighted by molar-refractivity contribution is 5.18. The quantitative estimate of drug-likeness (QED) is 0.614. The van der Waals surface area contributed by atoms with Gasteiger partial charge in [0.25, 0.3) is 0 Å². The fraction of sp³-hybridized carbons (Fsp3) is 0.111. The number of rotatable bonds is 4. The molecule has 0 saturated heterocycles. The number of hydrogen-bond donors (Lipinski definition) is 1. The molecular formula is C9H8F2N2O2. The molecule has 0 bridgehead atoms. The van der Waals surface area contributed by atoms with Crippen LogP contribution in [-0.2, 0) is 6.54 Å². The van der Waals surface area contributed by atoms with Crippen LogP contribution in [0.3, 0.4) is 0 Å². The first-order valence-corrected chi connectivity index (χ1v) is 4.02. The fourth-order valence-corrected chi connectivity index (χ4v) is 0.927. The fourth-order valence-electron chi connectivity index (χ4n) is 0.927. The Morgan fingerprint density at radius 3 is 2.73 bits per heavy atom. The standard InChI is InChI=1S/C9H8F2N2O2/c1-6(13(14)15)12-5-7-2-3-8(10)4-9(7)11/h2-4,12H,1,5H2.